The van der Waals surface area contributed by atoms with E-state index in [0.29, 0.717) is 18.4 Å². The summed E-state index contributed by atoms with van der Waals surface area (Å²) < 4.78 is 25.8. The second kappa shape index (κ2) is 10.2. The average Bonchev–Trinajstić information content (AvgIpc) is 3.40. The predicted octanol–water partition coefficient (Wildman–Crippen LogP) is 5.14. The lowest BCUT2D eigenvalue weighted by Gasteiger charge is -2.10. The van der Waals surface area contributed by atoms with E-state index in [1.54, 1.807) is 29.9 Å². The lowest BCUT2D eigenvalue weighted by Crippen LogP contribution is -2.00. The van der Waals surface area contributed by atoms with E-state index in [0.717, 1.165) is 39.9 Å². The van der Waals surface area contributed by atoms with Gasteiger partial charge in [0.2, 0.25) is 11.8 Å². The fraction of sp³-hybridized carbons (Fsp3) is 0.217. The molecule has 1 aliphatic rings. The van der Waals surface area contributed by atoms with Crippen LogP contribution in [0.2, 0.25) is 0 Å². The van der Waals surface area contributed by atoms with Gasteiger partial charge in [-0.3, -0.25) is 4.40 Å². The first-order chi connectivity index (χ1) is 15.0. The van der Waals surface area contributed by atoms with Gasteiger partial charge in [-0.05, 0) is 43.5 Å². The zero-order valence-corrected chi connectivity index (χ0v) is 20.7. The number of hydrogen-bond donors (Lipinski definition) is 1. The number of anilines is 1. The minimum Gasteiger partial charge on any atom is -0.493 e. The van der Waals surface area contributed by atoms with Crippen LogP contribution in [0.3, 0.4) is 0 Å². The van der Waals surface area contributed by atoms with Gasteiger partial charge in [0.05, 0.1) is 14.8 Å². The molecular formula is C23H27FN4O2P2. The van der Waals surface area contributed by atoms with Gasteiger partial charge in [0.1, 0.15) is 23.4 Å². The first-order valence-corrected chi connectivity index (χ1v) is 12.0. The number of fused-ring (bicyclic) bond motifs is 2. The fourth-order valence-corrected chi connectivity index (χ4v) is 3.97. The van der Waals surface area contributed by atoms with Crippen molar-refractivity contribution in [2.45, 2.75) is 13.3 Å². The third-order valence-corrected chi connectivity index (χ3v) is 5.55. The highest BCUT2D eigenvalue weighted by Crippen LogP contribution is 2.36. The molecule has 0 saturated heterocycles. The molecule has 4 aromatic rings. The molecule has 0 saturated carbocycles. The van der Waals surface area contributed by atoms with Crippen LogP contribution in [0.25, 0.3) is 16.6 Å². The summed E-state index contributed by atoms with van der Waals surface area (Å²) >= 11 is 0. The Morgan fingerprint density at radius 3 is 2.59 bits per heavy atom. The summed E-state index contributed by atoms with van der Waals surface area (Å²) in [7, 11) is -0.552. The molecule has 0 radical (unpaired) electrons. The molecule has 0 fully saturated rings. The largest absolute Gasteiger partial charge is 0.493 e. The number of ether oxygens (including phenoxy) is 1. The van der Waals surface area contributed by atoms with Crippen LogP contribution in [-0.2, 0) is 6.42 Å². The third kappa shape index (κ3) is 4.85. The molecule has 6 nitrogen and oxygen atoms in total. The number of aromatic nitrogens is 3. The summed E-state index contributed by atoms with van der Waals surface area (Å²) in [6.45, 7) is 6.56. The van der Waals surface area contributed by atoms with E-state index in [9.17, 15) is 4.39 Å². The van der Waals surface area contributed by atoms with Crippen LogP contribution >= 0.6 is 18.0 Å². The topological polar surface area (TPSA) is 74.7 Å². The molecule has 2 N–H and O–H groups in total. The minimum absolute atomic E-state index is 0. The number of imidazole rings is 1. The molecule has 5 rings (SSSR count). The summed E-state index contributed by atoms with van der Waals surface area (Å²) in [5.74, 6) is 1.73. The number of nitrogens with two attached hydrogens (primary N) is 1. The van der Waals surface area contributed by atoms with Crippen molar-refractivity contribution in [2.24, 2.45) is 0 Å². The Hall–Kier alpha value is -2.75. The Morgan fingerprint density at radius 1 is 1.12 bits per heavy atom. The summed E-state index contributed by atoms with van der Waals surface area (Å²) in [5, 5.41) is 0. The molecule has 9 heteroatoms. The van der Waals surface area contributed by atoms with Crippen molar-refractivity contribution >= 4 is 29.5 Å². The standard InChI is InChI=1S/C14H15N4OP.C9H9FO.H3P/c1-20(2)19-13-12-11(10-6-4-3-5-7-10)8-16-14(15)18(12)9-17-13;1-6-7-4-5-11-9(7)3-2-8(6)10;/h3-9H,1-2H3,(H2,15,16);2-3H,4-5H2,1H3;1H3. The van der Waals surface area contributed by atoms with Gasteiger partial charge in [-0.1, -0.05) is 30.3 Å². The molecular weight excluding hydrogens is 445 g/mol. The smallest absolute Gasteiger partial charge is 0.243 e. The number of hydrogen-bond acceptors (Lipinski definition) is 5. The summed E-state index contributed by atoms with van der Waals surface area (Å²) in [6, 6.07) is 13.2. The van der Waals surface area contributed by atoms with Crippen LogP contribution in [0, 0.1) is 12.7 Å². The van der Waals surface area contributed by atoms with Gasteiger partial charge >= 0.3 is 0 Å². The predicted molar refractivity (Wildman–Crippen MR) is 134 cm³/mol. The van der Waals surface area contributed by atoms with Gasteiger partial charge in [0, 0.05) is 23.7 Å². The normalized spacial score (nSPS) is 11.9. The Balaban J connectivity index is 0.000000204. The Bertz CT molecular complexity index is 1220. The van der Waals surface area contributed by atoms with Crippen molar-refractivity contribution < 1.29 is 13.7 Å². The number of nitrogen functional groups attached to an aromatic ring is 1. The zero-order valence-electron chi connectivity index (χ0n) is 18.4. The molecule has 0 spiro atoms. The molecule has 2 aromatic carbocycles. The van der Waals surface area contributed by atoms with Gasteiger partial charge in [-0.2, -0.15) is 9.90 Å². The maximum atomic E-state index is 12.9. The highest BCUT2D eigenvalue weighted by atomic mass is 31.1. The molecule has 0 amide bonds. The molecule has 0 aliphatic carbocycles. The lowest BCUT2D eigenvalue weighted by atomic mass is 10.1. The van der Waals surface area contributed by atoms with Crippen LogP contribution in [0.4, 0.5) is 10.3 Å². The first-order valence-electron chi connectivity index (χ1n) is 9.88. The number of nitrogens with zero attached hydrogens (tertiary/aromatic N) is 3. The zero-order chi connectivity index (χ0) is 22.0. The molecule has 0 bridgehead atoms. The number of rotatable bonds is 3. The molecule has 1 unspecified atom stereocenters. The van der Waals surface area contributed by atoms with Crippen molar-refractivity contribution in [3.8, 4) is 22.8 Å². The van der Waals surface area contributed by atoms with E-state index in [4.69, 9.17) is 15.0 Å². The highest BCUT2D eigenvalue weighted by Gasteiger charge is 2.17. The van der Waals surface area contributed by atoms with Crippen LogP contribution in [0.1, 0.15) is 11.1 Å². The Kier molecular flexibility index (Phi) is 7.65. The van der Waals surface area contributed by atoms with Crippen LogP contribution < -0.4 is 15.0 Å². The van der Waals surface area contributed by atoms with Gasteiger partial charge in [-0.15, -0.1) is 0 Å². The summed E-state index contributed by atoms with van der Waals surface area (Å²) in [5.41, 5.74) is 10.6. The van der Waals surface area contributed by atoms with E-state index in [2.05, 4.69) is 9.97 Å². The fourth-order valence-electron chi connectivity index (χ4n) is 3.49. The molecule has 2 aromatic heterocycles. The molecule has 1 atom stereocenters. The van der Waals surface area contributed by atoms with E-state index in [1.165, 1.54) is 6.07 Å². The van der Waals surface area contributed by atoms with Gasteiger partial charge in [0.25, 0.3) is 0 Å². The van der Waals surface area contributed by atoms with Crippen molar-refractivity contribution in [1.82, 2.24) is 14.4 Å². The van der Waals surface area contributed by atoms with E-state index in [-0.39, 0.29) is 15.7 Å². The van der Waals surface area contributed by atoms with Gasteiger partial charge < -0.3 is 15.0 Å². The minimum atomic E-state index is -0.552. The quantitative estimate of drug-likeness (QED) is 0.418. The number of halogens is 1. The highest BCUT2D eigenvalue weighted by molar-refractivity contribution is 7.51. The van der Waals surface area contributed by atoms with Crippen LogP contribution in [-0.4, -0.2) is 34.3 Å². The Morgan fingerprint density at radius 2 is 1.88 bits per heavy atom. The number of benzene rings is 2. The SMILES string of the molecule is CP(C)Oc1ncn2c(N)ncc(-c3ccccc3)c12.Cc1c(F)ccc2c1CCO2.P. The maximum Gasteiger partial charge on any atom is 0.243 e. The van der Waals surface area contributed by atoms with Crippen molar-refractivity contribution in [2.75, 3.05) is 25.7 Å². The second-order valence-electron chi connectivity index (χ2n) is 7.32. The van der Waals surface area contributed by atoms with Gasteiger partial charge in [0.15, 0.2) is 0 Å². The van der Waals surface area contributed by atoms with Crippen molar-refractivity contribution in [1.29, 1.82) is 0 Å². The first kappa shape index (κ1) is 23.9. The van der Waals surface area contributed by atoms with Gasteiger partial charge in [-0.25, -0.2) is 14.4 Å². The van der Waals surface area contributed by atoms with Crippen LogP contribution in [0.5, 0.6) is 11.6 Å². The van der Waals surface area contributed by atoms with Crippen LogP contribution in [0.15, 0.2) is 55.0 Å². The van der Waals surface area contributed by atoms with E-state index in [1.807, 2.05) is 43.7 Å². The Labute approximate surface area is 191 Å². The average molecular weight is 472 g/mol. The molecule has 3 heterocycles. The summed E-state index contributed by atoms with van der Waals surface area (Å²) in [4.78, 5) is 8.55. The summed E-state index contributed by atoms with van der Waals surface area (Å²) in [6.07, 6.45) is 4.26. The van der Waals surface area contributed by atoms with E-state index < -0.39 is 8.15 Å². The maximum absolute atomic E-state index is 12.9. The molecule has 168 valence electrons. The van der Waals surface area contributed by atoms with Crippen molar-refractivity contribution in [3.05, 3.63) is 71.9 Å². The molecule has 32 heavy (non-hydrogen) atoms. The van der Waals surface area contributed by atoms with Crippen molar-refractivity contribution in [3.63, 3.8) is 0 Å². The monoisotopic (exact) mass is 472 g/mol. The van der Waals surface area contributed by atoms with E-state index >= 15 is 0 Å². The molecule has 1 aliphatic heterocycles. The lowest BCUT2D eigenvalue weighted by molar-refractivity contribution is 0.356. The second-order valence-corrected chi connectivity index (χ2v) is 9.12. The third-order valence-electron chi connectivity index (χ3n) is 5.01.